The van der Waals surface area contributed by atoms with Crippen LogP contribution < -0.4 is 0 Å². The third kappa shape index (κ3) is 4.44. The molecule has 1 atom stereocenters. The highest BCUT2D eigenvalue weighted by molar-refractivity contribution is 6.33. The SMILES string of the molecule is Cc1ccc(C(=O)[C@H](OC(=O)c2ccccc2Cl)c2ccc(C)cc2)cc1. The monoisotopic (exact) mass is 378 g/mol. The molecule has 3 aromatic carbocycles. The Morgan fingerprint density at radius 1 is 0.815 bits per heavy atom. The lowest BCUT2D eigenvalue weighted by molar-refractivity contribution is 0.0280. The van der Waals surface area contributed by atoms with Crippen molar-refractivity contribution in [3.63, 3.8) is 0 Å². The van der Waals surface area contributed by atoms with Crippen LogP contribution in [-0.4, -0.2) is 11.8 Å². The number of benzene rings is 3. The van der Waals surface area contributed by atoms with E-state index < -0.39 is 12.1 Å². The van der Waals surface area contributed by atoms with Crippen molar-refractivity contribution < 1.29 is 14.3 Å². The molecule has 3 rings (SSSR count). The number of hydrogen-bond acceptors (Lipinski definition) is 3. The molecule has 0 amide bonds. The van der Waals surface area contributed by atoms with Gasteiger partial charge in [0.1, 0.15) is 0 Å². The van der Waals surface area contributed by atoms with Crippen LogP contribution in [0.1, 0.15) is 43.5 Å². The molecule has 0 bridgehead atoms. The fraction of sp³-hybridized carbons (Fsp3) is 0.130. The number of ether oxygens (including phenoxy) is 1. The lowest BCUT2D eigenvalue weighted by Gasteiger charge is -2.18. The Morgan fingerprint density at radius 2 is 1.37 bits per heavy atom. The van der Waals surface area contributed by atoms with Crippen molar-refractivity contribution in [3.05, 3.63) is 106 Å². The molecule has 0 heterocycles. The minimum absolute atomic E-state index is 0.230. The van der Waals surface area contributed by atoms with Crippen molar-refractivity contribution in [3.8, 4) is 0 Å². The van der Waals surface area contributed by atoms with Crippen molar-refractivity contribution in [2.45, 2.75) is 20.0 Å². The second-order valence-corrected chi connectivity index (χ2v) is 6.81. The summed E-state index contributed by atoms with van der Waals surface area (Å²) in [7, 11) is 0. The molecule has 0 saturated carbocycles. The fourth-order valence-corrected chi connectivity index (χ4v) is 2.89. The molecule has 0 fully saturated rings. The molecule has 0 radical (unpaired) electrons. The van der Waals surface area contributed by atoms with E-state index in [0.717, 1.165) is 11.1 Å². The van der Waals surface area contributed by atoms with E-state index in [1.165, 1.54) is 0 Å². The lowest BCUT2D eigenvalue weighted by atomic mass is 9.98. The molecule has 0 aliphatic rings. The summed E-state index contributed by atoms with van der Waals surface area (Å²) in [5, 5.41) is 0.285. The molecule has 0 unspecified atom stereocenters. The molecule has 136 valence electrons. The van der Waals surface area contributed by atoms with Crippen LogP contribution in [0.4, 0.5) is 0 Å². The van der Waals surface area contributed by atoms with Gasteiger partial charge in [0, 0.05) is 11.1 Å². The predicted molar refractivity (Wildman–Crippen MR) is 106 cm³/mol. The highest BCUT2D eigenvalue weighted by atomic mass is 35.5. The predicted octanol–water partition coefficient (Wildman–Crippen LogP) is 5.74. The van der Waals surface area contributed by atoms with Gasteiger partial charge in [-0.05, 0) is 26.0 Å². The molecule has 27 heavy (non-hydrogen) atoms. The molecule has 0 aliphatic carbocycles. The van der Waals surface area contributed by atoms with Crippen molar-refractivity contribution in [1.82, 2.24) is 0 Å². The molecule has 4 heteroatoms. The van der Waals surface area contributed by atoms with Gasteiger partial charge in [0.15, 0.2) is 6.10 Å². The van der Waals surface area contributed by atoms with Crippen LogP contribution >= 0.6 is 11.6 Å². The van der Waals surface area contributed by atoms with Gasteiger partial charge in [0.2, 0.25) is 5.78 Å². The first-order valence-electron chi connectivity index (χ1n) is 8.58. The number of ketones is 1. The van der Waals surface area contributed by atoms with E-state index in [-0.39, 0.29) is 16.4 Å². The van der Waals surface area contributed by atoms with E-state index in [1.54, 1.807) is 48.5 Å². The molecule has 0 N–H and O–H groups in total. The molecular formula is C23H19ClO3. The van der Waals surface area contributed by atoms with Crippen LogP contribution in [0, 0.1) is 13.8 Å². The van der Waals surface area contributed by atoms with Crippen molar-refractivity contribution in [1.29, 1.82) is 0 Å². The minimum Gasteiger partial charge on any atom is -0.445 e. The van der Waals surface area contributed by atoms with Crippen LogP contribution in [0.15, 0.2) is 72.8 Å². The molecule has 0 saturated heterocycles. The number of aryl methyl sites for hydroxylation is 2. The summed E-state index contributed by atoms with van der Waals surface area (Å²) in [6, 6.07) is 21.2. The summed E-state index contributed by atoms with van der Waals surface area (Å²) in [4.78, 5) is 25.7. The number of rotatable bonds is 5. The first-order chi connectivity index (χ1) is 13.0. The van der Waals surface area contributed by atoms with Gasteiger partial charge in [-0.25, -0.2) is 4.79 Å². The summed E-state index contributed by atoms with van der Waals surface area (Å²) < 4.78 is 5.62. The van der Waals surface area contributed by atoms with Crippen molar-refractivity contribution >= 4 is 23.4 Å². The lowest BCUT2D eigenvalue weighted by Crippen LogP contribution is -2.20. The number of halogens is 1. The van der Waals surface area contributed by atoms with Crippen LogP contribution in [0.3, 0.4) is 0 Å². The Hall–Kier alpha value is -2.91. The van der Waals surface area contributed by atoms with E-state index >= 15 is 0 Å². The van der Waals surface area contributed by atoms with Crippen LogP contribution in [0.25, 0.3) is 0 Å². The first kappa shape index (κ1) is 18.9. The second-order valence-electron chi connectivity index (χ2n) is 6.41. The van der Waals surface area contributed by atoms with Crippen LogP contribution in [-0.2, 0) is 4.74 Å². The quantitative estimate of drug-likeness (QED) is 0.420. The van der Waals surface area contributed by atoms with Gasteiger partial charge < -0.3 is 4.74 Å². The van der Waals surface area contributed by atoms with Gasteiger partial charge in [-0.3, -0.25) is 4.79 Å². The highest BCUT2D eigenvalue weighted by Gasteiger charge is 2.27. The summed E-state index contributed by atoms with van der Waals surface area (Å²) >= 11 is 6.10. The van der Waals surface area contributed by atoms with E-state index in [0.29, 0.717) is 11.1 Å². The second kappa shape index (κ2) is 8.19. The standard InChI is InChI=1S/C23H19ClO3/c1-15-7-11-17(12-8-15)21(25)22(18-13-9-16(2)10-14-18)27-23(26)19-5-3-4-6-20(19)24/h3-14,22H,1-2H3/t22-/m1/s1. The summed E-state index contributed by atoms with van der Waals surface area (Å²) in [6.07, 6.45) is -1.04. The number of carbonyl (C=O) groups excluding carboxylic acids is 2. The average Bonchev–Trinajstić information content (AvgIpc) is 2.67. The van der Waals surface area contributed by atoms with Crippen molar-refractivity contribution in [2.24, 2.45) is 0 Å². The maximum absolute atomic E-state index is 13.1. The fourth-order valence-electron chi connectivity index (χ4n) is 2.68. The van der Waals surface area contributed by atoms with E-state index in [2.05, 4.69) is 0 Å². The van der Waals surface area contributed by atoms with Gasteiger partial charge in [0.05, 0.1) is 10.6 Å². The topological polar surface area (TPSA) is 43.4 Å². The van der Waals surface area contributed by atoms with Gasteiger partial charge >= 0.3 is 5.97 Å². The van der Waals surface area contributed by atoms with E-state index in [4.69, 9.17) is 16.3 Å². The number of esters is 1. The first-order valence-corrected chi connectivity index (χ1v) is 8.96. The maximum Gasteiger partial charge on any atom is 0.340 e. The number of carbonyl (C=O) groups is 2. The Morgan fingerprint density at radius 3 is 1.96 bits per heavy atom. The van der Waals surface area contributed by atoms with Gasteiger partial charge in [-0.1, -0.05) is 83.4 Å². The largest absolute Gasteiger partial charge is 0.445 e. The number of hydrogen-bond donors (Lipinski definition) is 0. The van der Waals surface area contributed by atoms with E-state index in [9.17, 15) is 9.59 Å². The summed E-state index contributed by atoms with van der Waals surface area (Å²) in [6.45, 7) is 3.90. The zero-order valence-corrected chi connectivity index (χ0v) is 15.9. The summed E-state index contributed by atoms with van der Waals surface area (Å²) in [5.41, 5.74) is 3.43. The molecule has 0 aliphatic heterocycles. The Bertz CT molecular complexity index is 960. The zero-order valence-electron chi connectivity index (χ0n) is 15.1. The van der Waals surface area contributed by atoms with Crippen LogP contribution in [0.5, 0.6) is 0 Å². The zero-order chi connectivity index (χ0) is 19.4. The van der Waals surface area contributed by atoms with Gasteiger partial charge in [-0.15, -0.1) is 0 Å². The molecule has 0 aromatic heterocycles. The number of Topliss-reactive ketones (excluding diaryl/α,β-unsaturated/α-hetero) is 1. The Labute approximate surface area is 163 Å². The van der Waals surface area contributed by atoms with Crippen LogP contribution in [0.2, 0.25) is 5.02 Å². The van der Waals surface area contributed by atoms with Crippen molar-refractivity contribution in [2.75, 3.05) is 0 Å². The third-order valence-corrected chi connectivity index (χ3v) is 4.60. The minimum atomic E-state index is -1.04. The third-order valence-electron chi connectivity index (χ3n) is 4.27. The molecule has 3 aromatic rings. The Kier molecular flexibility index (Phi) is 5.72. The van der Waals surface area contributed by atoms with E-state index in [1.807, 2.05) is 38.1 Å². The summed E-state index contributed by atoms with van der Waals surface area (Å²) in [5.74, 6) is -0.911. The van der Waals surface area contributed by atoms with Gasteiger partial charge in [0.25, 0.3) is 0 Å². The highest BCUT2D eigenvalue weighted by Crippen LogP contribution is 2.26. The Balaban J connectivity index is 1.96. The smallest absolute Gasteiger partial charge is 0.340 e. The maximum atomic E-state index is 13.1. The molecular weight excluding hydrogens is 360 g/mol. The molecule has 3 nitrogen and oxygen atoms in total. The normalized spacial score (nSPS) is 11.7. The molecule has 0 spiro atoms. The average molecular weight is 379 g/mol. The van der Waals surface area contributed by atoms with Gasteiger partial charge in [-0.2, -0.15) is 0 Å².